The molecule has 1 rings (SSSR count). The van der Waals surface area contributed by atoms with Crippen LogP contribution in [0.3, 0.4) is 0 Å². The summed E-state index contributed by atoms with van der Waals surface area (Å²) >= 11 is 0. The number of nitriles is 1. The molecular formula is C11H11NO. The van der Waals surface area contributed by atoms with Crippen LogP contribution in [0.2, 0.25) is 0 Å². The number of aldehydes is 1. The minimum atomic E-state index is 0.205. The molecule has 0 heterocycles. The first-order valence-corrected chi connectivity index (χ1v) is 4.19. The van der Waals surface area contributed by atoms with Gasteiger partial charge < -0.3 is 0 Å². The van der Waals surface area contributed by atoms with Crippen molar-refractivity contribution in [3.63, 3.8) is 0 Å². The van der Waals surface area contributed by atoms with Gasteiger partial charge in [0.25, 0.3) is 0 Å². The van der Waals surface area contributed by atoms with Crippen molar-refractivity contribution in [2.75, 3.05) is 0 Å². The molecule has 0 aliphatic carbocycles. The third-order valence-electron chi connectivity index (χ3n) is 1.96. The van der Waals surface area contributed by atoms with Gasteiger partial charge in [-0.1, -0.05) is 26.0 Å². The molecule has 0 saturated heterocycles. The highest BCUT2D eigenvalue weighted by Crippen LogP contribution is 2.22. The first-order valence-electron chi connectivity index (χ1n) is 4.19. The maximum absolute atomic E-state index is 10.7. The molecule has 2 nitrogen and oxygen atoms in total. The zero-order valence-corrected chi connectivity index (χ0v) is 7.74. The van der Waals surface area contributed by atoms with Crippen LogP contribution in [0.4, 0.5) is 0 Å². The Morgan fingerprint density at radius 1 is 1.46 bits per heavy atom. The van der Waals surface area contributed by atoms with Crippen LogP contribution in [-0.2, 0) is 0 Å². The molecule has 0 amide bonds. The lowest BCUT2D eigenvalue weighted by Crippen LogP contribution is -1.98. The molecule has 0 aromatic heterocycles. The summed E-state index contributed by atoms with van der Waals surface area (Å²) in [6.07, 6.45) is 0.802. The first kappa shape index (κ1) is 9.47. The highest BCUT2D eigenvalue weighted by molar-refractivity contribution is 5.79. The number of rotatable bonds is 2. The fraction of sp³-hybridized carbons (Fsp3) is 0.273. The van der Waals surface area contributed by atoms with E-state index in [2.05, 4.69) is 6.07 Å². The average molecular weight is 173 g/mol. The molecule has 0 fully saturated rings. The van der Waals surface area contributed by atoms with Crippen molar-refractivity contribution in [2.45, 2.75) is 19.8 Å². The van der Waals surface area contributed by atoms with E-state index in [4.69, 9.17) is 5.26 Å². The second-order valence-corrected chi connectivity index (χ2v) is 3.19. The Morgan fingerprint density at radius 3 is 2.62 bits per heavy atom. The van der Waals surface area contributed by atoms with Crippen LogP contribution in [0.1, 0.15) is 41.3 Å². The van der Waals surface area contributed by atoms with E-state index in [9.17, 15) is 4.79 Å². The number of hydrogen-bond donors (Lipinski definition) is 0. The van der Waals surface area contributed by atoms with Crippen LogP contribution < -0.4 is 0 Å². The van der Waals surface area contributed by atoms with E-state index in [1.807, 2.05) is 13.8 Å². The van der Waals surface area contributed by atoms with Crippen molar-refractivity contribution in [1.29, 1.82) is 5.26 Å². The third-order valence-corrected chi connectivity index (χ3v) is 1.96. The molecule has 2 heteroatoms. The van der Waals surface area contributed by atoms with Gasteiger partial charge in [-0.15, -0.1) is 0 Å². The van der Waals surface area contributed by atoms with Crippen LogP contribution >= 0.6 is 0 Å². The van der Waals surface area contributed by atoms with Gasteiger partial charge in [0.2, 0.25) is 0 Å². The maximum atomic E-state index is 10.7. The molecule has 0 aliphatic rings. The molecular weight excluding hydrogens is 162 g/mol. The number of nitrogens with zero attached hydrogens (tertiary/aromatic N) is 1. The molecule has 0 spiro atoms. The molecule has 1 aromatic rings. The van der Waals surface area contributed by atoms with Gasteiger partial charge in [-0.3, -0.25) is 4.79 Å². The summed E-state index contributed by atoms with van der Waals surface area (Å²) in [5.41, 5.74) is 2.06. The summed E-state index contributed by atoms with van der Waals surface area (Å²) in [4.78, 5) is 10.7. The number of hydrogen-bond acceptors (Lipinski definition) is 2. The molecule has 0 atom stereocenters. The number of carbonyl (C=O) groups excluding carboxylic acids is 1. The lowest BCUT2D eigenvalue weighted by Gasteiger charge is -2.09. The average Bonchev–Trinajstić information content (AvgIpc) is 2.16. The van der Waals surface area contributed by atoms with E-state index >= 15 is 0 Å². The van der Waals surface area contributed by atoms with Gasteiger partial charge in [0.1, 0.15) is 6.29 Å². The van der Waals surface area contributed by atoms with Crippen molar-refractivity contribution < 1.29 is 4.79 Å². The Morgan fingerprint density at radius 2 is 2.15 bits per heavy atom. The summed E-state index contributed by atoms with van der Waals surface area (Å²) in [6, 6.07) is 7.30. The zero-order valence-electron chi connectivity index (χ0n) is 7.74. The van der Waals surface area contributed by atoms with Gasteiger partial charge in [-0.2, -0.15) is 5.26 Å². The highest BCUT2D eigenvalue weighted by atomic mass is 16.1. The Hall–Kier alpha value is -1.62. The van der Waals surface area contributed by atoms with Gasteiger partial charge in [-0.05, 0) is 17.5 Å². The minimum Gasteiger partial charge on any atom is -0.298 e. The third kappa shape index (κ3) is 1.75. The van der Waals surface area contributed by atoms with Crippen molar-refractivity contribution in [3.05, 3.63) is 34.9 Å². The van der Waals surface area contributed by atoms with Crippen molar-refractivity contribution >= 4 is 6.29 Å². The van der Waals surface area contributed by atoms with Gasteiger partial charge in [-0.25, -0.2) is 0 Å². The Labute approximate surface area is 77.8 Å². The lowest BCUT2D eigenvalue weighted by atomic mass is 9.93. The quantitative estimate of drug-likeness (QED) is 0.644. The summed E-state index contributed by atoms with van der Waals surface area (Å²) in [5, 5.41) is 8.82. The standard InChI is InChI=1S/C11H11NO/c1-8(2)11-9(6-12)4-3-5-10(11)7-13/h3-5,7-8H,1-2H3. The van der Waals surface area contributed by atoms with E-state index < -0.39 is 0 Å². The van der Waals surface area contributed by atoms with E-state index in [1.165, 1.54) is 0 Å². The summed E-state index contributed by atoms with van der Waals surface area (Å²) < 4.78 is 0. The van der Waals surface area contributed by atoms with Crippen molar-refractivity contribution in [2.24, 2.45) is 0 Å². The Balaban J connectivity index is 3.40. The van der Waals surface area contributed by atoms with Gasteiger partial charge in [0, 0.05) is 5.56 Å². The number of carbonyl (C=O) groups is 1. The molecule has 66 valence electrons. The molecule has 1 aromatic carbocycles. The normalized spacial score (nSPS) is 9.69. The zero-order chi connectivity index (χ0) is 9.84. The van der Waals surface area contributed by atoms with E-state index in [1.54, 1.807) is 18.2 Å². The monoisotopic (exact) mass is 173 g/mol. The van der Waals surface area contributed by atoms with Crippen LogP contribution in [-0.4, -0.2) is 6.29 Å². The molecule has 0 aliphatic heterocycles. The fourth-order valence-corrected chi connectivity index (χ4v) is 1.43. The maximum Gasteiger partial charge on any atom is 0.150 e. The number of benzene rings is 1. The highest BCUT2D eigenvalue weighted by Gasteiger charge is 2.10. The molecule has 0 bridgehead atoms. The lowest BCUT2D eigenvalue weighted by molar-refractivity contribution is 0.112. The smallest absolute Gasteiger partial charge is 0.150 e. The van der Waals surface area contributed by atoms with E-state index in [-0.39, 0.29) is 5.92 Å². The van der Waals surface area contributed by atoms with E-state index in [0.29, 0.717) is 11.1 Å². The molecule has 13 heavy (non-hydrogen) atoms. The summed E-state index contributed by atoms with van der Waals surface area (Å²) in [5.74, 6) is 0.205. The SMILES string of the molecule is CC(C)c1c(C#N)cccc1C=O. The topological polar surface area (TPSA) is 40.9 Å². The largest absolute Gasteiger partial charge is 0.298 e. The summed E-state index contributed by atoms with van der Waals surface area (Å²) in [7, 11) is 0. The summed E-state index contributed by atoms with van der Waals surface area (Å²) in [6.45, 7) is 3.95. The molecule has 0 N–H and O–H groups in total. The second-order valence-electron chi connectivity index (χ2n) is 3.19. The van der Waals surface area contributed by atoms with Crippen LogP contribution in [0.15, 0.2) is 18.2 Å². The molecule has 0 unspecified atom stereocenters. The molecule has 0 radical (unpaired) electrons. The van der Waals surface area contributed by atoms with Crippen LogP contribution in [0.25, 0.3) is 0 Å². The van der Waals surface area contributed by atoms with Crippen LogP contribution in [0.5, 0.6) is 0 Å². The molecule has 0 saturated carbocycles. The van der Waals surface area contributed by atoms with Gasteiger partial charge in [0.05, 0.1) is 11.6 Å². The van der Waals surface area contributed by atoms with Gasteiger partial charge >= 0.3 is 0 Å². The minimum absolute atomic E-state index is 0.205. The van der Waals surface area contributed by atoms with Crippen molar-refractivity contribution in [3.8, 4) is 6.07 Å². The predicted molar refractivity (Wildman–Crippen MR) is 50.6 cm³/mol. The Kier molecular flexibility index (Phi) is 2.81. The first-order chi connectivity index (χ1) is 6.20. The fourth-order valence-electron chi connectivity index (χ4n) is 1.43. The second kappa shape index (κ2) is 3.86. The predicted octanol–water partition coefficient (Wildman–Crippen LogP) is 2.49. The van der Waals surface area contributed by atoms with Crippen LogP contribution in [0, 0.1) is 11.3 Å². The van der Waals surface area contributed by atoms with E-state index in [0.717, 1.165) is 11.8 Å². The van der Waals surface area contributed by atoms with Gasteiger partial charge in [0.15, 0.2) is 0 Å². The van der Waals surface area contributed by atoms with Crippen molar-refractivity contribution in [1.82, 2.24) is 0 Å². The Bertz CT molecular complexity index is 361.